The Bertz CT molecular complexity index is 325. The molecule has 0 atom stereocenters. The minimum Gasteiger partial charge on any atom is -0.210 e. The van der Waals surface area contributed by atoms with Crippen molar-refractivity contribution in [1.82, 2.24) is 0 Å². The van der Waals surface area contributed by atoms with Gasteiger partial charge in [-0.05, 0) is 6.92 Å². The van der Waals surface area contributed by atoms with Gasteiger partial charge in [0.25, 0.3) is 0 Å². The molecule has 14 heavy (non-hydrogen) atoms. The summed E-state index contributed by atoms with van der Waals surface area (Å²) in [7, 11) is 0. The Morgan fingerprint density at radius 2 is 1.57 bits per heavy atom. The molecule has 1 rings (SSSR count). The summed E-state index contributed by atoms with van der Waals surface area (Å²) in [5.41, 5.74) is 1.32. The first-order valence-electron chi connectivity index (χ1n) is 3.63. The SMILES string of the molecule is Cc1ccccc1.O=C=NSN=C=O. The van der Waals surface area contributed by atoms with E-state index < -0.39 is 0 Å². The molecular weight excluding hydrogens is 200 g/mol. The second-order valence-electron chi connectivity index (χ2n) is 2.10. The van der Waals surface area contributed by atoms with Gasteiger partial charge in [0.15, 0.2) is 0 Å². The highest BCUT2D eigenvalue weighted by Crippen LogP contribution is 1.96. The molecule has 0 saturated carbocycles. The standard InChI is InChI=1S/C7H8.C2N2O2S/c1-7-5-3-2-4-6-7;5-1-3-7-4-2-6/h2-6H,1H3;. The number of hydrogen-bond donors (Lipinski definition) is 0. The number of nitrogens with zero attached hydrogens (tertiary/aromatic N) is 2. The first-order valence-corrected chi connectivity index (χ1v) is 4.36. The fourth-order valence-corrected chi connectivity index (χ4v) is 0.696. The third-order valence-electron chi connectivity index (χ3n) is 1.10. The molecule has 0 aromatic heterocycles. The molecule has 0 saturated heterocycles. The van der Waals surface area contributed by atoms with E-state index in [2.05, 4.69) is 27.9 Å². The Kier molecular flexibility index (Phi) is 8.29. The quantitative estimate of drug-likeness (QED) is 0.425. The van der Waals surface area contributed by atoms with Gasteiger partial charge < -0.3 is 0 Å². The lowest BCUT2D eigenvalue weighted by molar-refractivity contribution is 0.566. The Morgan fingerprint density at radius 3 is 1.86 bits per heavy atom. The highest BCUT2D eigenvalue weighted by molar-refractivity contribution is 7.96. The number of carbonyl (C=O) groups excluding carboxylic acids is 2. The van der Waals surface area contributed by atoms with E-state index in [1.54, 1.807) is 0 Å². The number of benzene rings is 1. The van der Waals surface area contributed by atoms with E-state index in [0.29, 0.717) is 12.1 Å². The molecule has 5 heteroatoms. The maximum Gasteiger partial charge on any atom is 0.249 e. The lowest BCUT2D eigenvalue weighted by atomic mass is 10.2. The molecule has 0 spiro atoms. The summed E-state index contributed by atoms with van der Waals surface area (Å²) in [6, 6.07) is 10.3. The van der Waals surface area contributed by atoms with Gasteiger partial charge in [0.1, 0.15) is 12.1 Å². The van der Waals surface area contributed by atoms with Crippen molar-refractivity contribution >= 4 is 24.3 Å². The molecule has 0 aliphatic carbocycles. The van der Waals surface area contributed by atoms with Gasteiger partial charge in [-0.1, -0.05) is 35.9 Å². The van der Waals surface area contributed by atoms with Crippen LogP contribution in [0, 0.1) is 6.92 Å². The van der Waals surface area contributed by atoms with Crippen LogP contribution in [0.1, 0.15) is 5.56 Å². The fourth-order valence-electron chi connectivity index (χ4n) is 0.588. The molecule has 1 aromatic rings. The van der Waals surface area contributed by atoms with Crippen LogP contribution in [0.2, 0.25) is 0 Å². The molecule has 1 aromatic carbocycles. The van der Waals surface area contributed by atoms with Crippen molar-refractivity contribution in [2.75, 3.05) is 0 Å². The molecule has 0 heterocycles. The summed E-state index contributed by atoms with van der Waals surface area (Å²) >= 11 is 0.456. The van der Waals surface area contributed by atoms with Crippen molar-refractivity contribution in [3.63, 3.8) is 0 Å². The summed E-state index contributed by atoms with van der Waals surface area (Å²) in [6.45, 7) is 2.08. The summed E-state index contributed by atoms with van der Waals surface area (Å²) in [6.07, 6.45) is 2.34. The second kappa shape index (κ2) is 9.42. The van der Waals surface area contributed by atoms with E-state index in [0.717, 1.165) is 0 Å². The van der Waals surface area contributed by atoms with Crippen molar-refractivity contribution in [1.29, 1.82) is 0 Å². The van der Waals surface area contributed by atoms with Crippen LogP contribution in [0.5, 0.6) is 0 Å². The number of isocyanates is 2. The van der Waals surface area contributed by atoms with Gasteiger partial charge in [0.2, 0.25) is 12.2 Å². The lowest BCUT2D eigenvalue weighted by Gasteiger charge is -1.82. The van der Waals surface area contributed by atoms with Crippen LogP contribution < -0.4 is 0 Å². The largest absolute Gasteiger partial charge is 0.249 e. The number of aryl methyl sites for hydroxylation is 1. The Hall–Kier alpha value is -1.67. The zero-order valence-electron chi connectivity index (χ0n) is 7.51. The van der Waals surface area contributed by atoms with E-state index in [9.17, 15) is 9.59 Å². The van der Waals surface area contributed by atoms with E-state index in [-0.39, 0.29) is 0 Å². The fraction of sp³-hybridized carbons (Fsp3) is 0.111. The zero-order valence-corrected chi connectivity index (χ0v) is 8.32. The van der Waals surface area contributed by atoms with Crippen LogP contribution >= 0.6 is 12.1 Å². The Labute approximate surface area is 86.0 Å². The minimum atomic E-state index is 0.456. The van der Waals surface area contributed by atoms with Crippen LogP contribution in [0.25, 0.3) is 0 Å². The van der Waals surface area contributed by atoms with Gasteiger partial charge in [-0.2, -0.15) is 0 Å². The molecule has 0 radical (unpaired) electrons. The van der Waals surface area contributed by atoms with Gasteiger partial charge in [-0.25, -0.2) is 9.59 Å². The van der Waals surface area contributed by atoms with Crippen LogP contribution in [0.4, 0.5) is 0 Å². The normalized spacial score (nSPS) is 7.21. The van der Waals surface area contributed by atoms with Crippen molar-refractivity contribution in [2.45, 2.75) is 6.92 Å². The third kappa shape index (κ3) is 8.43. The van der Waals surface area contributed by atoms with Gasteiger partial charge in [0, 0.05) is 0 Å². The molecule has 0 unspecified atom stereocenters. The number of rotatable bonds is 2. The predicted molar refractivity (Wildman–Crippen MR) is 55.0 cm³/mol. The number of hydrogen-bond acceptors (Lipinski definition) is 5. The second-order valence-corrected chi connectivity index (χ2v) is 2.63. The Morgan fingerprint density at radius 1 is 1.07 bits per heavy atom. The third-order valence-corrected chi connectivity index (χ3v) is 1.41. The summed E-state index contributed by atoms with van der Waals surface area (Å²) in [4.78, 5) is 18.4. The molecule has 0 aliphatic rings. The van der Waals surface area contributed by atoms with Gasteiger partial charge >= 0.3 is 0 Å². The van der Waals surface area contributed by atoms with Gasteiger partial charge in [0.05, 0.1) is 0 Å². The molecule has 0 bridgehead atoms. The lowest BCUT2D eigenvalue weighted by Crippen LogP contribution is -1.62. The zero-order chi connectivity index (χ0) is 10.6. The highest BCUT2D eigenvalue weighted by Gasteiger charge is 1.72. The topological polar surface area (TPSA) is 58.9 Å². The molecule has 0 aliphatic heterocycles. The monoisotopic (exact) mass is 208 g/mol. The van der Waals surface area contributed by atoms with Gasteiger partial charge in [-0.15, -0.1) is 8.80 Å². The summed E-state index contributed by atoms with van der Waals surface area (Å²) in [5.74, 6) is 0. The van der Waals surface area contributed by atoms with Crippen molar-refractivity contribution in [3.05, 3.63) is 35.9 Å². The first kappa shape index (κ1) is 12.3. The molecular formula is C9H8N2O2S. The first-order chi connectivity index (χ1) is 6.81. The van der Waals surface area contributed by atoms with Crippen molar-refractivity contribution < 1.29 is 9.59 Å². The average molecular weight is 208 g/mol. The summed E-state index contributed by atoms with van der Waals surface area (Å²) in [5, 5.41) is 0. The summed E-state index contributed by atoms with van der Waals surface area (Å²) < 4.78 is 5.69. The molecule has 0 amide bonds. The maximum atomic E-state index is 9.18. The minimum absolute atomic E-state index is 0.456. The van der Waals surface area contributed by atoms with Crippen LogP contribution in [-0.2, 0) is 9.59 Å². The van der Waals surface area contributed by atoms with Crippen LogP contribution in [-0.4, -0.2) is 12.2 Å². The average Bonchev–Trinajstić information content (AvgIpc) is 2.21. The van der Waals surface area contributed by atoms with Crippen molar-refractivity contribution in [3.8, 4) is 0 Å². The van der Waals surface area contributed by atoms with E-state index in [1.165, 1.54) is 17.7 Å². The van der Waals surface area contributed by atoms with Crippen LogP contribution in [0.3, 0.4) is 0 Å². The molecule has 0 N–H and O–H groups in total. The van der Waals surface area contributed by atoms with Crippen LogP contribution in [0.15, 0.2) is 39.1 Å². The van der Waals surface area contributed by atoms with E-state index >= 15 is 0 Å². The maximum absolute atomic E-state index is 9.18. The molecule has 72 valence electrons. The predicted octanol–water partition coefficient (Wildman–Crippen LogP) is 2.22. The molecule has 4 nitrogen and oxygen atoms in total. The van der Waals surface area contributed by atoms with E-state index in [1.807, 2.05) is 18.2 Å². The smallest absolute Gasteiger partial charge is 0.210 e. The van der Waals surface area contributed by atoms with E-state index in [4.69, 9.17) is 0 Å². The van der Waals surface area contributed by atoms with Gasteiger partial charge in [-0.3, -0.25) is 0 Å². The Balaban J connectivity index is 0.000000241. The highest BCUT2D eigenvalue weighted by atomic mass is 32.2. The van der Waals surface area contributed by atoms with Crippen molar-refractivity contribution in [2.24, 2.45) is 8.80 Å². The molecule has 0 fully saturated rings.